The molecule has 0 saturated heterocycles. The van der Waals surface area contributed by atoms with E-state index in [4.69, 9.17) is 0 Å². The molecule has 0 aromatic heterocycles. The first-order valence-electron chi connectivity index (χ1n) is 5.12. The Morgan fingerprint density at radius 3 is 2.11 bits per heavy atom. The van der Waals surface area contributed by atoms with E-state index >= 15 is 0 Å². The van der Waals surface area contributed by atoms with Gasteiger partial charge in [0.05, 0.1) is 18.2 Å². The van der Waals surface area contributed by atoms with E-state index in [0.29, 0.717) is 4.90 Å². The van der Waals surface area contributed by atoms with Crippen LogP contribution in [0.25, 0.3) is 0 Å². The molecule has 0 radical (unpaired) electrons. The molecule has 2 amide bonds. The molecule has 1 aliphatic heterocycles. The van der Waals surface area contributed by atoms with Crippen LogP contribution in [-0.2, 0) is 14.3 Å². The van der Waals surface area contributed by atoms with Gasteiger partial charge in [-0.25, -0.2) is 4.79 Å². The van der Waals surface area contributed by atoms with Crippen molar-refractivity contribution in [2.75, 3.05) is 7.11 Å². The van der Waals surface area contributed by atoms with Crippen molar-refractivity contribution in [2.45, 2.75) is 6.04 Å². The van der Waals surface area contributed by atoms with Crippen LogP contribution in [0.15, 0.2) is 24.3 Å². The van der Waals surface area contributed by atoms with Crippen molar-refractivity contribution >= 4 is 24.1 Å². The third-order valence-corrected chi connectivity index (χ3v) is 2.68. The lowest BCUT2D eigenvalue weighted by Gasteiger charge is -2.18. The molecular weight excluding hydrogens is 238 g/mol. The lowest BCUT2D eigenvalue weighted by Crippen LogP contribution is -2.46. The number of hydrogen-bond donors (Lipinski definition) is 0. The average Bonchev–Trinajstić information content (AvgIpc) is 2.65. The van der Waals surface area contributed by atoms with Gasteiger partial charge in [-0.3, -0.25) is 14.5 Å². The average molecular weight is 247 g/mol. The SMILES string of the molecule is COC(=O)C(C=O)N1C(=O)c2ccccc2C1=O. The Bertz CT molecular complexity index is 516. The Balaban J connectivity index is 2.44. The van der Waals surface area contributed by atoms with Gasteiger partial charge in [0.25, 0.3) is 11.8 Å². The molecule has 0 saturated carbocycles. The maximum absolute atomic E-state index is 12.0. The molecule has 0 N–H and O–H groups in total. The molecule has 2 rings (SSSR count). The molecule has 6 heteroatoms. The first-order valence-corrected chi connectivity index (χ1v) is 5.12. The molecule has 1 aromatic carbocycles. The highest BCUT2D eigenvalue weighted by molar-refractivity contribution is 6.24. The molecular formula is C12H9NO5. The highest BCUT2D eigenvalue weighted by atomic mass is 16.5. The molecule has 1 unspecified atom stereocenters. The van der Waals surface area contributed by atoms with Crippen molar-refractivity contribution in [2.24, 2.45) is 0 Å². The fraction of sp³-hybridized carbons (Fsp3) is 0.167. The summed E-state index contributed by atoms with van der Waals surface area (Å²) in [7, 11) is 1.08. The fourth-order valence-corrected chi connectivity index (χ4v) is 1.80. The van der Waals surface area contributed by atoms with Gasteiger partial charge in [-0.15, -0.1) is 0 Å². The summed E-state index contributed by atoms with van der Waals surface area (Å²) in [6, 6.07) is 4.59. The number of esters is 1. The van der Waals surface area contributed by atoms with Crippen LogP contribution in [0.3, 0.4) is 0 Å². The number of fused-ring (bicyclic) bond motifs is 1. The number of ether oxygens (including phenoxy) is 1. The van der Waals surface area contributed by atoms with E-state index in [-0.39, 0.29) is 17.4 Å². The molecule has 0 aliphatic carbocycles. The maximum Gasteiger partial charge on any atom is 0.336 e. The summed E-state index contributed by atoms with van der Waals surface area (Å²) in [6.07, 6.45) is 0.216. The Morgan fingerprint density at radius 1 is 1.22 bits per heavy atom. The van der Waals surface area contributed by atoms with Gasteiger partial charge in [0.15, 0.2) is 12.3 Å². The quantitative estimate of drug-likeness (QED) is 0.325. The minimum absolute atomic E-state index is 0.179. The van der Waals surface area contributed by atoms with Gasteiger partial charge in [-0.1, -0.05) is 12.1 Å². The Morgan fingerprint density at radius 2 is 1.72 bits per heavy atom. The van der Waals surface area contributed by atoms with Crippen LogP contribution in [0.4, 0.5) is 0 Å². The van der Waals surface area contributed by atoms with E-state index in [1.165, 1.54) is 12.1 Å². The molecule has 6 nitrogen and oxygen atoms in total. The van der Waals surface area contributed by atoms with Crippen molar-refractivity contribution in [3.8, 4) is 0 Å². The third kappa shape index (κ3) is 1.58. The number of aldehydes is 1. The van der Waals surface area contributed by atoms with Gasteiger partial charge in [0.1, 0.15) is 0 Å². The monoisotopic (exact) mass is 247 g/mol. The van der Waals surface area contributed by atoms with Gasteiger partial charge in [-0.2, -0.15) is 0 Å². The first kappa shape index (κ1) is 12.0. The highest BCUT2D eigenvalue weighted by Crippen LogP contribution is 2.24. The number of hydrogen-bond acceptors (Lipinski definition) is 5. The van der Waals surface area contributed by atoms with Crippen LogP contribution < -0.4 is 0 Å². The maximum atomic E-state index is 12.0. The predicted octanol–water partition coefficient (Wildman–Crippen LogP) is 0.0231. The van der Waals surface area contributed by atoms with E-state index in [0.717, 1.165) is 7.11 Å². The van der Waals surface area contributed by atoms with Gasteiger partial charge in [-0.05, 0) is 12.1 Å². The second-order valence-corrected chi connectivity index (χ2v) is 3.63. The Labute approximate surface area is 102 Å². The number of methoxy groups -OCH3 is 1. The van der Waals surface area contributed by atoms with Crippen LogP contribution in [-0.4, -0.2) is 42.1 Å². The summed E-state index contributed by atoms with van der Waals surface area (Å²) in [4.78, 5) is 46.8. The minimum Gasteiger partial charge on any atom is -0.467 e. The van der Waals surface area contributed by atoms with Gasteiger partial charge >= 0.3 is 5.97 Å². The van der Waals surface area contributed by atoms with E-state index in [9.17, 15) is 19.2 Å². The van der Waals surface area contributed by atoms with E-state index in [1.807, 2.05) is 0 Å². The molecule has 1 heterocycles. The van der Waals surface area contributed by atoms with Crippen molar-refractivity contribution in [1.29, 1.82) is 0 Å². The molecule has 1 aliphatic rings. The van der Waals surface area contributed by atoms with Crippen LogP contribution in [0, 0.1) is 0 Å². The Kier molecular flexibility index (Phi) is 2.93. The van der Waals surface area contributed by atoms with Crippen molar-refractivity contribution in [3.05, 3.63) is 35.4 Å². The number of benzene rings is 1. The molecule has 1 atom stereocenters. The summed E-state index contributed by atoms with van der Waals surface area (Å²) in [5.74, 6) is -2.28. The van der Waals surface area contributed by atoms with E-state index in [2.05, 4.69) is 4.74 Å². The Hall–Kier alpha value is -2.50. The van der Waals surface area contributed by atoms with Crippen molar-refractivity contribution in [3.63, 3.8) is 0 Å². The molecule has 0 bridgehead atoms. The molecule has 18 heavy (non-hydrogen) atoms. The summed E-state index contributed by atoms with van der Waals surface area (Å²) in [5.41, 5.74) is 0.358. The van der Waals surface area contributed by atoms with Gasteiger partial charge < -0.3 is 9.53 Å². The summed E-state index contributed by atoms with van der Waals surface area (Å²) in [5, 5.41) is 0. The molecule has 0 fully saturated rings. The van der Waals surface area contributed by atoms with Crippen molar-refractivity contribution < 1.29 is 23.9 Å². The summed E-state index contributed by atoms with van der Waals surface area (Å²) < 4.78 is 4.39. The second kappa shape index (κ2) is 4.40. The lowest BCUT2D eigenvalue weighted by molar-refractivity contribution is -0.146. The van der Waals surface area contributed by atoms with Crippen molar-refractivity contribution in [1.82, 2.24) is 4.90 Å². The smallest absolute Gasteiger partial charge is 0.336 e. The van der Waals surface area contributed by atoms with Crippen LogP contribution in [0.5, 0.6) is 0 Å². The third-order valence-electron chi connectivity index (χ3n) is 2.68. The van der Waals surface area contributed by atoms with Crippen LogP contribution in [0.2, 0.25) is 0 Å². The lowest BCUT2D eigenvalue weighted by atomic mass is 10.1. The summed E-state index contributed by atoms with van der Waals surface area (Å²) in [6.45, 7) is 0. The minimum atomic E-state index is -1.54. The zero-order valence-electron chi connectivity index (χ0n) is 9.45. The highest BCUT2D eigenvalue weighted by Gasteiger charge is 2.43. The normalized spacial score (nSPS) is 15.3. The van der Waals surface area contributed by atoms with Gasteiger partial charge in [0.2, 0.25) is 0 Å². The predicted molar refractivity (Wildman–Crippen MR) is 58.8 cm³/mol. The fourth-order valence-electron chi connectivity index (χ4n) is 1.80. The first-order chi connectivity index (χ1) is 8.61. The molecule has 92 valence electrons. The van der Waals surface area contributed by atoms with E-state index in [1.54, 1.807) is 12.1 Å². The number of carbonyl (C=O) groups is 4. The van der Waals surface area contributed by atoms with Crippen LogP contribution in [0.1, 0.15) is 20.7 Å². The number of amides is 2. The second-order valence-electron chi connectivity index (χ2n) is 3.63. The zero-order chi connectivity index (χ0) is 13.3. The topological polar surface area (TPSA) is 80.8 Å². The van der Waals surface area contributed by atoms with Crippen LogP contribution >= 0.6 is 0 Å². The van der Waals surface area contributed by atoms with E-state index < -0.39 is 23.8 Å². The number of nitrogens with zero attached hydrogens (tertiary/aromatic N) is 1. The number of rotatable bonds is 3. The standard InChI is InChI=1S/C12H9NO5/c1-18-12(17)9(6-14)13-10(15)7-4-2-3-5-8(7)11(13)16/h2-6,9H,1H3. The zero-order valence-corrected chi connectivity index (χ0v) is 9.45. The largest absolute Gasteiger partial charge is 0.467 e. The summed E-state index contributed by atoms with van der Waals surface area (Å²) >= 11 is 0. The number of carbonyl (C=O) groups excluding carboxylic acids is 4. The molecule has 1 aromatic rings. The van der Waals surface area contributed by atoms with Gasteiger partial charge in [0, 0.05) is 0 Å². The molecule has 0 spiro atoms. The number of imide groups is 1.